The van der Waals surface area contributed by atoms with E-state index in [9.17, 15) is 8.42 Å². The largest absolute Gasteiger partial charge is 0.396 e. The van der Waals surface area contributed by atoms with Gasteiger partial charge in [0.2, 0.25) is 10.0 Å². The fourth-order valence-corrected chi connectivity index (χ4v) is 2.84. The Morgan fingerprint density at radius 3 is 2.37 bits per heavy atom. The lowest BCUT2D eigenvalue weighted by Gasteiger charge is -2.08. The number of aliphatic hydroxyl groups is 1. The third kappa shape index (κ3) is 5.72. The molecule has 0 fully saturated rings. The molecular weight excluding hydrogens is 262 g/mol. The molecular formula is C14H23NO3S. The van der Waals surface area contributed by atoms with Gasteiger partial charge in [0.05, 0.1) is 4.90 Å². The molecule has 0 spiro atoms. The molecule has 1 aromatic carbocycles. The minimum atomic E-state index is -3.40. The van der Waals surface area contributed by atoms with Crippen molar-refractivity contribution >= 4 is 10.0 Å². The molecule has 2 N–H and O–H groups in total. The molecule has 0 heterocycles. The van der Waals surface area contributed by atoms with Crippen molar-refractivity contribution in [1.29, 1.82) is 0 Å². The standard InChI is InChI=1S/C14H23NO3S/c1-12(2)4-3-10-15-19(17,18)14-7-5-13(6-8-14)9-11-16/h5-8,12,15-16H,3-4,9-11H2,1-2H3. The molecule has 0 saturated heterocycles. The van der Waals surface area contributed by atoms with E-state index in [0.717, 1.165) is 18.4 Å². The van der Waals surface area contributed by atoms with Gasteiger partial charge in [0.1, 0.15) is 0 Å². The summed E-state index contributed by atoms with van der Waals surface area (Å²) in [5, 5.41) is 8.81. The molecule has 5 heteroatoms. The molecule has 0 aliphatic rings. The molecule has 0 unspecified atom stereocenters. The van der Waals surface area contributed by atoms with Crippen LogP contribution in [0, 0.1) is 5.92 Å². The van der Waals surface area contributed by atoms with Crippen molar-refractivity contribution in [3.8, 4) is 0 Å². The molecule has 0 amide bonds. The summed E-state index contributed by atoms with van der Waals surface area (Å²) < 4.78 is 26.6. The van der Waals surface area contributed by atoms with Gasteiger partial charge in [-0.1, -0.05) is 26.0 Å². The lowest BCUT2D eigenvalue weighted by molar-refractivity contribution is 0.299. The van der Waals surface area contributed by atoms with Gasteiger partial charge >= 0.3 is 0 Å². The molecule has 0 atom stereocenters. The van der Waals surface area contributed by atoms with Crippen LogP contribution in [0.5, 0.6) is 0 Å². The van der Waals surface area contributed by atoms with Crippen LogP contribution in [0.3, 0.4) is 0 Å². The zero-order chi connectivity index (χ0) is 14.3. The minimum Gasteiger partial charge on any atom is -0.396 e. The summed E-state index contributed by atoms with van der Waals surface area (Å²) >= 11 is 0. The number of benzene rings is 1. The van der Waals surface area contributed by atoms with Crippen molar-refractivity contribution in [3.63, 3.8) is 0 Å². The first-order valence-electron chi connectivity index (χ1n) is 6.65. The molecule has 0 aromatic heterocycles. The number of aliphatic hydroxyl groups excluding tert-OH is 1. The maximum absolute atomic E-state index is 12.0. The van der Waals surface area contributed by atoms with E-state index in [1.165, 1.54) is 0 Å². The quantitative estimate of drug-likeness (QED) is 0.717. The van der Waals surface area contributed by atoms with E-state index in [-0.39, 0.29) is 11.5 Å². The number of nitrogens with one attached hydrogen (secondary N) is 1. The second-order valence-electron chi connectivity index (χ2n) is 5.05. The van der Waals surface area contributed by atoms with Gasteiger partial charge in [0.15, 0.2) is 0 Å². The third-order valence-electron chi connectivity index (χ3n) is 2.88. The predicted octanol–water partition coefficient (Wildman–Crippen LogP) is 1.94. The smallest absolute Gasteiger partial charge is 0.240 e. The van der Waals surface area contributed by atoms with Gasteiger partial charge < -0.3 is 5.11 Å². The normalized spacial score (nSPS) is 12.0. The van der Waals surface area contributed by atoms with Crippen LogP contribution in [0.25, 0.3) is 0 Å². The van der Waals surface area contributed by atoms with Crippen LogP contribution >= 0.6 is 0 Å². The zero-order valence-corrected chi connectivity index (χ0v) is 12.4. The van der Waals surface area contributed by atoms with Crippen molar-refractivity contribution in [3.05, 3.63) is 29.8 Å². The summed E-state index contributed by atoms with van der Waals surface area (Å²) in [6, 6.07) is 6.63. The van der Waals surface area contributed by atoms with E-state index < -0.39 is 10.0 Å². The fraction of sp³-hybridized carbons (Fsp3) is 0.571. The molecule has 0 bridgehead atoms. The average molecular weight is 285 g/mol. The van der Waals surface area contributed by atoms with E-state index in [4.69, 9.17) is 5.11 Å². The van der Waals surface area contributed by atoms with Gasteiger partial charge in [-0.05, 0) is 42.9 Å². The Kier molecular flexibility index (Phi) is 6.48. The van der Waals surface area contributed by atoms with Crippen molar-refractivity contribution in [2.45, 2.75) is 38.0 Å². The summed E-state index contributed by atoms with van der Waals surface area (Å²) in [5.41, 5.74) is 0.932. The Bertz CT molecular complexity index is 466. The maximum Gasteiger partial charge on any atom is 0.240 e. The fourth-order valence-electron chi connectivity index (χ4n) is 1.76. The van der Waals surface area contributed by atoms with Crippen LogP contribution in [0.2, 0.25) is 0 Å². The lowest BCUT2D eigenvalue weighted by atomic mass is 10.1. The van der Waals surface area contributed by atoms with Gasteiger partial charge in [-0.2, -0.15) is 0 Å². The summed E-state index contributed by atoms with van der Waals surface area (Å²) in [4.78, 5) is 0.277. The van der Waals surface area contributed by atoms with Gasteiger partial charge in [-0.15, -0.1) is 0 Å². The number of sulfonamides is 1. The van der Waals surface area contributed by atoms with E-state index in [0.29, 0.717) is 18.9 Å². The Labute approximate surface area is 115 Å². The second-order valence-corrected chi connectivity index (χ2v) is 6.82. The molecule has 0 saturated carbocycles. The molecule has 0 aliphatic carbocycles. The zero-order valence-electron chi connectivity index (χ0n) is 11.6. The van der Waals surface area contributed by atoms with Crippen LogP contribution in [-0.4, -0.2) is 26.7 Å². The summed E-state index contributed by atoms with van der Waals surface area (Å²) in [6.45, 7) is 4.78. The molecule has 1 rings (SSSR count). The highest BCUT2D eigenvalue weighted by Crippen LogP contribution is 2.11. The Balaban J connectivity index is 2.56. The molecule has 1 aromatic rings. The first kappa shape index (κ1) is 16.1. The average Bonchev–Trinajstić information content (AvgIpc) is 2.36. The topological polar surface area (TPSA) is 66.4 Å². The molecule has 0 radical (unpaired) electrons. The van der Waals surface area contributed by atoms with Crippen molar-refractivity contribution in [1.82, 2.24) is 4.72 Å². The summed E-state index contributed by atoms with van der Waals surface area (Å²) in [7, 11) is -3.40. The van der Waals surface area contributed by atoms with Crippen LogP contribution in [0.15, 0.2) is 29.2 Å². The SMILES string of the molecule is CC(C)CCCNS(=O)(=O)c1ccc(CCO)cc1. The van der Waals surface area contributed by atoms with Crippen LogP contribution in [-0.2, 0) is 16.4 Å². The van der Waals surface area contributed by atoms with Gasteiger partial charge in [0, 0.05) is 13.2 Å². The van der Waals surface area contributed by atoms with E-state index in [2.05, 4.69) is 18.6 Å². The summed E-state index contributed by atoms with van der Waals surface area (Å²) in [5.74, 6) is 0.585. The maximum atomic E-state index is 12.0. The summed E-state index contributed by atoms with van der Waals surface area (Å²) in [6.07, 6.45) is 2.40. The highest BCUT2D eigenvalue weighted by molar-refractivity contribution is 7.89. The van der Waals surface area contributed by atoms with Gasteiger partial charge in [-0.25, -0.2) is 13.1 Å². The predicted molar refractivity (Wildman–Crippen MR) is 76.5 cm³/mol. The van der Waals surface area contributed by atoms with Crippen LogP contribution in [0.4, 0.5) is 0 Å². The molecule has 4 nitrogen and oxygen atoms in total. The number of hydrogen-bond donors (Lipinski definition) is 2. The van der Waals surface area contributed by atoms with Crippen LogP contribution < -0.4 is 4.72 Å². The molecule has 0 aliphatic heterocycles. The minimum absolute atomic E-state index is 0.0690. The number of hydrogen-bond acceptors (Lipinski definition) is 3. The van der Waals surface area contributed by atoms with Gasteiger partial charge in [-0.3, -0.25) is 0 Å². The lowest BCUT2D eigenvalue weighted by Crippen LogP contribution is -2.25. The first-order valence-corrected chi connectivity index (χ1v) is 8.13. The van der Waals surface area contributed by atoms with E-state index >= 15 is 0 Å². The second kappa shape index (κ2) is 7.62. The first-order chi connectivity index (χ1) is 8.95. The highest BCUT2D eigenvalue weighted by atomic mass is 32.2. The monoisotopic (exact) mass is 285 g/mol. The third-order valence-corrected chi connectivity index (χ3v) is 4.36. The Hall–Kier alpha value is -0.910. The van der Waals surface area contributed by atoms with E-state index in [1.807, 2.05) is 0 Å². The Morgan fingerprint density at radius 1 is 1.21 bits per heavy atom. The molecule has 108 valence electrons. The number of rotatable bonds is 8. The van der Waals surface area contributed by atoms with Crippen LogP contribution in [0.1, 0.15) is 32.3 Å². The van der Waals surface area contributed by atoms with Crippen molar-refractivity contribution < 1.29 is 13.5 Å². The molecule has 19 heavy (non-hydrogen) atoms. The van der Waals surface area contributed by atoms with Crippen molar-refractivity contribution in [2.75, 3.05) is 13.2 Å². The van der Waals surface area contributed by atoms with Crippen molar-refractivity contribution in [2.24, 2.45) is 5.92 Å². The highest BCUT2D eigenvalue weighted by Gasteiger charge is 2.12. The Morgan fingerprint density at radius 2 is 1.84 bits per heavy atom. The van der Waals surface area contributed by atoms with E-state index in [1.54, 1.807) is 24.3 Å². The van der Waals surface area contributed by atoms with Gasteiger partial charge in [0.25, 0.3) is 0 Å².